The van der Waals surface area contributed by atoms with Crippen LogP contribution >= 0.6 is 0 Å². The molecule has 10 N–H and O–H groups in total. The number of hydrogen-bond donors (Lipinski definition) is 9. The zero-order valence-electron chi connectivity index (χ0n) is 20.1. The number of guanidine groups is 1. The number of aliphatic carboxylic acids is 3. The standard InChI is InChI=1S/C23H32N6O8/c1-2-13-11-14(6-7-15(13)12-27-22(24)25)19(32)26-10-4-3-5-16(20(33)34)28-23(37)29-17(21(35)36)8-9-18(30)31/h2,6-7,11,16-17H,1,3-5,8-10,12H2,(H,26,32)(H,30,31)(H,33,34)(H,35,36)(H4,24,25,27)(H2,28,29,37)/t16-,17-/m0/s1. The first-order valence-electron chi connectivity index (χ1n) is 11.3. The molecule has 1 rings (SSSR count). The summed E-state index contributed by atoms with van der Waals surface area (Å²) >= 11 is 0. The van der Waals surface area contributed by atoms with Gasteiger partial charge >= 0.3 is 23.9 Å². The molecular weight excluding hydrogens is 488 g/mol. The van der Waals surface area contributed by atoms with Crippen LogP contribution in [0.3, 0.4) is 0 Å². The van der Waals surface area contributed by atoms with Crippen molar-refractivity contribution in [2.75, 3.05) is 6.54 Å². The van der Waals surface area contributed by atoms with E-state index in [4.69, 9.17) is 21.4 Å². The molecule has 0 saturated carbocycles. The molecule has 37 heavy (non-hydrogen) atoms. The highest BCUT2D eigenvalue weighted by atomic mass is 16.4. The third-order valence-electron chi connectivity index (χ3n) is 5.16. The molecule has 1 aromatic carbocycles. The van der Waals surface area contributed by atoms with Crippen LogP contribution in [0.1, 0.15) is 53.6 Å². The lowest BCUT2D eigenvalue weighted by Crippen LogP contribution is -2.51. The average molecular weight is 521 g/mol. The van der Waals surface area contributed by atoms with Gasteiger partial charge in [0.05, 0.1) is 0 Å². The maximum absolute atomic E-state index is 12.4. The molecule has 0 heterocycles. The van der Waals surface area contributed by atoms with Crippen molar-refractivity contribution in [3.05, 3.63) is 41.5 Å². The van der Waals surface area contributed by atoms with Crippen LogP contribution in [0, 0.1) is 5.41 Å². The highest BCUT2D eigenvalue weighted by Crippen LogP contribution is 2.14. The van der Waals surface area contributed by atoms with E-state index in [0.717, 1.165) is 5.56 Å². The molecule has 0 unspecified atom stereocenters. The van der Waals surface area contributed by atoms with Gasteiger partial charge < -0.3 is 42.3 Å². The van der Waals surface area contributed by atoms with Gasteiger partial charge in [0, 0.05) is 25.1 Å². The van der Waals surface area contributed by atoms with Crippen LogP contribution in [0.15, 0.2) is 24.8 Å². The maximum Gasteiger partial charge on any atom is 0.326 e. The van der Waals surface area contributed by atoms with E-state index in [2.05, 4.69) is 27.8 Å². The molecule has 1 aromatic rings. The maximum atomic E-state index is 12.4. The monoisotopic (exact) mass is 520 g/mol. The molecule has 202 valence electrons. The predicted octanol–water partition coefficient (Wildman–Crippen LogP) is 0.283. The molecule has 0 spiro atoms. The molecule has 0 bridgehead atoms. The van der Waals surface area contributed by atoms with Gasteiger partial charge in [-0.2, -0.15) is 0 Å². The number of rotatable bonds is 16. The molecule has 0 aromatic heterocycles. The van der Waals surface area contributed by atoms with Crippen molar-refractivity contribution in [3.8, 4) is 0 Å². The van der Waals surface area contributed by atoms with Crippen molar-refractivity contribution in [3.63, 3.8) is 0 Å². The van der Waals surface area contributed by atoms with Crippen LogP contribution < -0.4 is 27.0 Å². The summed E-state index contributed by atoms with van der Waals surface area (Å²) in [7, 11) is 0. The van der Waals surface area contributed by atoms with Gasteiger partial charge in [0.25, 0.3) is 5.91 Å². The molecule has 14 nitrogen and oxygen atoms in total. The Bertz CT molecular complexity index is 1030. The lowest BCUT2D eigenvalue weighted by molar-refractivity contribution is -0.140. The van der Waals surface area contributed by atoms with Gasteiger partial charge in [-0.3, -0.25) is 15.0 Å². The fourth-order valence-corrected chi connectivity index (χ4v) is 3.20. The number of carboxylic acids is 3. The molecule has 0 aliphatic carbocycles. The van der Waals surface area contributed by atoms with Crippen molar-refractivity contribution in [1.29, 1.82) is 5.41 Å². The number of urea groups is 1. The Kier molecular flexibility index (Phi) is 12.6. The van der Waals surface area contributed by atoms with E-state index in [1.54, 1.807) is 24.3 Å². The zero-order valence-corrected chi connectivity index (χ0v) is 20.1. The van der Waals surface area contributed by atoms with Crippen LogP contribution in [0.2, 0.25) is 0 Å². The normalized spacial score (nSPS) is 11.9. The summed E-state index contributed by atoms with van der Waals surface area (Å²) in [5, 5.41) is 43.9. The van der Waals surface area contributed by atoms with Crippen molar-refractivity contribution < 1.29 is 39.3 Å². The summed E-state index contributed by atoms with van der Waals surface area (Å²) in [5.41, 5.74) is 7.17. The van der Waals surface area contributed by atoms with Crippen LogP contribution in [0.25, 0.3) is 6.08 Å². The third kappa shape index (κ3) is 11.6. The first-order chi connectivity index (χ1) is 17.4. The van der Waals surface area contributed by atoms with Crippen LogP contribution in [0.4, 0.5) is 4.79 Å². The van der Waals surface area contributed by atoms with Gasteiger partial charge in [-0.1, -0.05) is 18.7 Å². The van der Waals surface area contributed by atoms with Gasteiger partial charge in [-0.05, 0) is 48.9 Å². The van der Waals surface area contributed by atoms with Crippen molar-refractivity contribution in [1.82, 2.24) is 21.3 Å². The summed E-state index contributed by atoms with van der Waals surface area (Å²) in [6, 6.07) is 1.13. The van der Waals surface area contributed by atoms with Gasteiger partial charge in [0.1, 0.15) is 12.1 Å². The summed E-state index contributed by atoms with van der Waals surface area (Å²) in [6.07, 6.45) is 1.48. The number of hydrogen-bond acceptors (Lipinski definition) is 6. The van der Waals surface area contributed by atoms with Gasteiger partial charge in [-0.25, -0.2) is 14.4 Å². The number of carbonyl (C=O) groups is 5. The quantitative estimate of drug-likeness (QED) is 0.0818. The Balaban J connectivity index is 2.52. The van der Waals surface area contributed by atoms with Crippen LogP contribution in [-0.2, 0) is 20.9 Å². The highest BCUT2D eigenvalue weighted by molar-refractivity contribution is 5.95. The summed E-state index contributed by atoms with van der Waals surface area (Å²) in [4.78, 5) is 57.7. The summed E-state index contributed by atoms with van der Waals surface area (Å²) in [5.74, 6) is -4.53. The van der Waals surface area contributed by atoms with Crippen molar-refractivity contribution >= 4 is 41.9 Å². The van der Waals surface area contributed by atoms with E-state index in [0.29, 0.717) is 30.5 Å². The topological polar surface area (TPSA) is 244 Å². The molecule has 14 heteroatoms. The number of nitrogens with one attached hydrogen (secondary N) is 5. The number of carboxylic acid groups (broad SMARTS) is 3. The minimum absolute atomic E-state index is 0.0178. The Hall–Kier alpha value is -4.62. The van der Waals surface area contributed by atoms with Crippen molar-refractivity contribution in [2.24, 2.45) is 5.73 Å². The van der Waals surface area contributed by atoms with E-state index >= 15 is 0 Å². The number of unbranched alkanes of at least 4 members (excludes halogenated alkanes) is 1. The van der Waals surface area contributed by atoms with Crippen LogP contribution in [0.5, 0.6) is 0 Å². The zero-order chi connectivity index (χ0) is 28.0. The minimum atomic E-state index is -1.48. The lowest BCUT2D eigenvalue weighted by Gasteiger charge is -2.18. The number of amides is 3. The van der Waals surface area contributed by atoms with E-state index in [9.17, 15) is 29.1 Å². The summed E-state index contributed by atoms with van der Waals surface area (Å²) < 4.78 is 0. The van der Waals surface area contributed by atoms with Gasteiger partial charge in [0.2, 0.25) is 0 Å². The second-order valence-electron chi connectivity index (χ2n) is 7.97. The number of benzene rings is 1. The minimum Gasteiger partial charge on any atom is -0.481 e. The Morgan fingerprint density at radius 3 is 2.14 bits per heavy atom. The lowest BCUT2D eigenvalue weighted by atomic mass is 10.0. The second kappa shape index (κ2) is 15.4. The fourth-order valence-electron chi connectivity index (χ4n) is 3.20. The number of carbonyl (C=O) groups excluding carboxylic acids is 2. The van der Waals surface area contributed by atoms with E-state index < -0.39 is 42.4 Å². The molecule has 0 fully saturated rings. The molecule has 0 saturated heterocycles. The van der Waals surface area contributed by atoms with E-state index in [1.165, 1.54) is 0 Å². The van der Waals surface area contributed by atoms with Gasteiger partial charge in [0.15, 0.2) is 5.96 Å². The fraction of sp³-hybridized carbons (Fsp3) is 0.391. The van der Waals surface area contributed by atoms with Crippen molar-refractivity contribution in [2.45, 2.75) is 50.7 Å². The highest BCUT2D eigenvalue weighted by Gasteiger charge is 2.24. The predicted molar refractivity (Wildman–Crippen MR) is 133 cm³/mol. The van der Waals surface area contributed by atoms with E-state index in [1.807, 2.05) is 0 Å². The largest absolute Gasteiger partial charge is 0.481 e. The molecule has 0 aliphatic heterocycles. The Labute approximate surface area is 212 Å². The Morgan fingerprint density at radius 2 is 1.59 bits per heavy atom. The smallest absolute Gasteiger partial charge is 0.326 e. The molecule has 0 radical (unpaired) electrons. The number of nitrogens with two attached hydrogens (primary N) is 1. The molecular formula is C23H32N6O8. The van der Waals surface area contributed by atoms with Gasteiger partial charge in [-0.15, -0.1) is 0 Å². The third-order valence-corrected chi connectivity index (χ3v) is 5.16. The molecule has 0 aliphatic rings. The molecule has 2 atom stereocenters. The molecule has 3 amide bonds. The average Bonchev–Trinajstić information content (AvgIpc) is 2.83. The van der Waals surface area contributed by atoms with Crippen LogP contribution in [-0.4, -0.2) is 69.8 Å². The first kappa shape index (κ1) is 30.4. The SMILES string of the molecule is C=Cc1cc(C(=O)NCCCC[C@H](NC(=O)N[C@@H](CCC(=O)O)C(=O)O)C(=O)O)ccc1CNC(=N)N. The Morgan fingerprint density at radius 1 is 0.973 bits per heavy atom. The first-order valence-corrected chi connectivity index (χ1v) is 11.3. The summed E-state index contributed by atoms with van der Waals surface area (Å²) in [6.45, 7) is 4.26. The van der Waals surface area contributed by atoms with E-state index in [-0.39, 0.29) is 31.3 Å². The second-order valence-corrected chi connectivity index (χ2v) is 7.97.